The fraction of sp³-hybridized carbons (Fsp3) is 0.207. The van der Waals surface area contributed by atoms with Crippen molar-refractivity contribution in [3.63, 3.8) is 0 Å². The average Bonchev–Trinajstić information content (AvgIpc) is 3.51. The maximum atomic E-state index is 12.2. The summed E-state index contributed by atoms with van der Waals surface area (Å²) < 4.78 is 14.3. The lowest BCUT2D eigenvalue weighted by Crippen LogP contribution is -2.39. The molecule has 5 N–H and O–H groups in total. The molecule has 0 bridgehead atoms. The van der Waals surface area contributed by atoms with Crippen LogP contribution < -0.4 is 11.3 Å². The minimum Gasteiger partial charge on any atom is -0.387 e. The van der Waals surface area contributed by atoms with Crippen LogP contribution in [0.4, 0.5) is 5.95 Å². The van der Waals surface area contributed by atoms with Gasteiger partial charge in [0.2, 0.25) is 5.95 Å². The van der Waals surface area contributed by atoms with Crippen LogP contribution in [0.25, 0.3) is 11.2 Å². The summed E-state index contributed by atoms with van der Waals surface area (Å²) in [4.78, 5) is 22.9. The molecule has 2 aromatic heterocycles. The number of aliphatic hydroxyl groups is 2. The first-order chi connectivity index (χ1) is 19.0. The SMILES string of the molecule is Nc1nc2c(ncn2[C@@H]2O[C@H](COC(c3ccccc3)(c3ccccc3)c3ccccc3)C(O)C2O)c(=O)[nH]1. The number of aromatic amines is 1. The van der Waals surface area contributed by atoms with E-state index in [1.165, 1.54) is 10.9 Å². The second-order valence-electron chi connectivity index (χ2n) is 9.41. The lowest BCUT2D eigenvalue weighted by Gasteiger charge is -2.37. The zero-order valence-electron chi connectivity index (χ0n) is 20.8. The first-order valence-corrected chi connectivity index (χ1v) is 12.5. The van der Waals surface area contributed by atoms with E-state index in [1.54, 1.807) is 0 Å². The van der Waals surface area contributed by atoms with Gasteiger partial charge in [-0.1, -0.05) is 91.0 Å². The molecule has 4 atom stereocenters. The molecular weight excluding hydrogens is 498 g/mol. The summed E-state index contributed by atoms with van der Waals surface area (Å²) in [7, 11) is 0. The highest BCUT2D eigenvalue weighted by atomic mass is 16.6. The van der Waals surface area contributed by atoms with Gasteiger partial charge in [-0.05, 0) is 16.7 Å². The maximum Gasteiger partial charge on any atom is 0.280 e. The molecular formula is C29H27N5O5. The molecule has 198 valence electrons. The second-order valence-corrected chi connectivity index (χ2v) is 9.41. The zero-order chi connectivity index (χ0) is 27.0. The Morgan fingerprint density at radius 3 is 1.97 bits per heavy atom. The Morgan fingerprint density at radius 1 is 0.897 bits per heavy atom. The molecule has 3 heterocycles. The van der Waals surface area contributed by atoms with E-state index in [1.807, 2.05) is 91.0 Å². The van der Waals surface area contributed by atoms with E-state index in [0.29, 0.717) is 0 Å². The van der Waals surface area contributed by atoms with Crippen molar-refractivity contribution in [2.45, 2.75) is 30.1 Å². The van der Waals surface area contributed by atoms with Gasteiger partial charge < -0.3 is 25.4 Å². The molecule has 0 radical (unpaired) electrons. The monoisotopic (exact) mass is 525 g/mol. The van der Waals surface area contributed by atoms with Crippen LogP contribution in [0.5, 0.6) is 0 Å². The van der Waals surface area contributed by atoms with Gasteiger partial charge in [0.05, 0.1) is 12.9 Å². The number of aromatic nitrogens is 4. The van der Waals surface area contributed by atoms with E-state index in [2.05, 4.69) is 15.0 Å². The fourth-order valence-corrected chi connectivity index (χ4v) is 5.20. The molecule has 39 heavy (non-hydrogen) atoms. The van der Waals surface area contributed by atoms with Gasteiger partial charge >= 0.3 is 0 Å². The van der Waals surface area contributed by atoms with Crippen molar-refractivity contribution in [3.8, 4) is 0 Å². The van der Waals surface area contributed by atoms with Gasteiger partial charge in [-0.3, -0.25) is 14.3 Å². The minimum atomic E-state index is -1.34. The quantitative estimate of drug-likeness (QED) is 0.237. The lowest BCUT2D eigenvalue weighted by molar-refractivity contribution is -0.0942. The van der Waals surface area contributed by atoms with Gasteiger partial charge in [-0.25, -0.2) is 4.98 Å². The third-order valence-corrected chi connectivity index (χ3v) is 7.07. The summed E-state index contributed by atoms with van der Waals surface area (Å²) in [5, 5.41) is 22.0. The molecule has 0 aliphatic carbocycles. The molecule has 10 nitrogen and oxygen atoms in total. The highest BCUT2D eigenvalue weighted by Crippen LogP contribution is 2.41. The van der Waals surface area contributed by atoms with Crippen LogP contribution in [0, 0.1) is 0 Å². The molecule has 1 aliphatic rings. The Labute approximate surface area is 223 Å². The predicted molar refractivity (Wildman–Crippen MR) is 144 cm³/mol. The smallest absolute Gasteiger partial charge is 0.280 e. The first-order valence-electron chi connectivity index (χ1n) is 12.5. The highest BCUT2D eigenvalue weighted by molar-refractivity contribution is 5.70. The van der Waals surface area contributed by atoms with E-state index in [0.717, 1.165) is 16.7 Å². The van der Waals surface area contributed by atoms with Crippen LogP contribution in [0.2, 0.25) is 0 Å². The summed E-state index contributed by atoms with van der Waals surface area (Å²) in [6, 6.07) is 29.5. The van der Waals surface area contributed by atoms with Crippen LogP contribution in [0.3, 0.4) is 0 Å². The van der Waals surface area contributed by atoms with Gasteiger partial charge in [-0.15, -0.1) is 0 Å². The standard InChI is InChI=1S/C29H27N5O5/c30-28-32-25-22(26(37)33-28)31-17-34(25)27-24(36)23(35)21(39-27)16-38-29(18-10-4-1-5-11-18,19-12-6-2-7-13-19)20-14-8-3-9-15-20/h1-15,17,21,23-24,27,35-36H,16H2,(H3,30,32,33,37)/t21-,23?,24?,27-/m1/s1. The summed E-state index contributed by atoms with van der Waals surface area (Å²) >= 11 is 0. The van der Waals surface area contributed by atoms with Crippen molar-refractivity contribution in [2.75, 3.05) is 12.3 Å². The predicted octanol–water partition coefficient (Wildman–Crippen LogP) is 2.33. The summed E-state index contributed by atoms with van der Waals surface area (Å²) in [6.07, 6.45) is -3.26. The van der Waals surface area contributed by atoms with E-state index in [9.17, 15) is 15.0 Å². The number of anilines is 1. The van der Waals surface area contributed by atoms with Crippen LogP contribution in [-0.4, -0.2) is 54.7 Å². The highest BCUT2D eigenvalue weighted by Gasteiger charge is 2.46. The van der Waals surface area contributed by atoms with Gasteiger partial charge in [0, 0.05) is 0 Å². The Morgan fingerprint density at radius 2 is 1.44 bits per heavy atom. The van der Waals surface area contributed by atoms with Crippen LogP contribution in [0.15, 0.2) is 102 Å². The normalized spacial score (nSPS) is 21.4. The molecule has 0 saturated carbocycles. The van der Waals surface area contributed by atoms with Crippen LogP contribution in [0.1, 0.15) is 22.9 Å². The van der Waals surface area contributed by atoms with Crippen molar-refractivity contribution >= 4 is 17.1 Å². The average molecular weight is 526 g/mol. The summed E-state index contributed by atoms with van der Waals surface area (Å²) in [5.41, 5.74) is 7.05. The minimum absolute atomic E-state index is 0.0467. The molecule has 2 unspecified atom stereocenters. The Kier molecular flexibility index (Phi) is 6.45. The number of benzene rings is 3. The molecule has 6 rings (SSSR count). The largest absolute Gasteiger partial charge is 0.387 e. The van der Waals surface area contributed by atoms with Crippen molar-refractivity contribution in [2.24, 2.45) is 0 Å². The van der Waals surface area contributed by atoms with Crippen molar-refractivity contribution in [3.05, 3.63) is 124 Å². The van der Waals surface area contributed by atoms with Crippen molar-refractivity contribution < 1.29 is 19.7 Å². The van der Waals surface area contributed by atoms with E-state index >= 15 is 0 Å². The molecule has 3 aromatic carbocycles. The zero-order valence-corrected chi connectivity index (χ0v) is 20.8. The molecule has 1 aliphatic heterocycles. The van der Waals surface area contributed by atoms with E-state index < -0.39 is 35.7 Å². The van der Waals surface area contributed by atoms with E-state index in [-0.39, 0.29) is 23.7 Å². The molecule has 0 amide bonds. The summed E-state index contributed by atoms with van der Waals surface area (Å²) in [5.74, 6) is -0.0967. The third-order valence-electron chi connectivity index (χ3n) is 7.07. The van der Waals surface area contributed by atoms with Gasteiger partial charge in [0.1, 0.15) is 23.9 Å². The number of hydrogen-bond donors (Lipinski definition) is 4. The van der Waals surface area contributed by atoms with E-state index in [4.69, 9.17) is 15.2 Å². The first kappa shape index (κ1) is 25.0. The second kappa shape index (κ2) is 10.1. The molecule has 0 spiro atoms. The fourth-order valence-electron chi connectivity index (χ4n) is 5.20. The van der Waals surface area contributed by atoms with Crippen molar-refractivity contribution in [1.82, 2.24) is 19.5 Å². The topological polar surface area (TPSA) is 149 Å². The number of rotatable bonds is 7. The Hall–Kier alpha value is -4.35. The number of ether oxygens (including phenoxy) is 2. The molecule has 1 saturated heterocycles. The van der Waals surface area contributed by atoms with Gasteiger partial charge in [0.25, 0.3) is 5.56 Å². The number of nitrogens with zero attached hydrogens (tertiary/aromatic N) is 3. The Balaban J connectivity index is 1.37. The van der Waals surface area contributed by atoms with Crippen LogP contribution >= 0.6 is 0 Å². The maximum absolute atomic E-state index is 12.2. The number of nitrogens with one attached hydrogen (secondary N) is 1. The van der Waals surface area contributed by atoms with Gasteiger partial charge in [0.15, 0.2) is 17.4 Å². The third kappa shape index (κ3) is 4.29. The number of fused-ring (bicyclic) bond motifs is 1. The number of H-pyrrole nitrogens is 1. The van der Waals surface area contributed by atoms with Crippen molar-refractivity contribution in [1.29, 1.82) is 0 Å². The lowest BCUT2D eigenvalue weighted by atomic mass is 9.80. The molecule has 5 aromatic rings. The number of imidazole rings is 1. The Bertz CT molecular complexity index is 1530. The number of nitrogen functional groups attached to an aromatic ring is 1. The van der Waals surface area contributed by atoms with Crippen LogP contribution in [-0.2, 0) is 15.1 Å². The van der Waals surface area contributed by atoms with Gasteiger partial charge in [-0.2, -0.15) is 4.98 Å². The number of nitrogens with two attached hydrogens (primary N) is 1. The molecule has 10 heteroatoms. The number of aliphatic hydroxyl groups excluding tert-OH is 2. The number of hydrogen-bond acceptors (Lipinski definition) is 8. The molecule has 1 fully saturated rings. The summed E-state index contributed by atoms with van der Waals surface area (Å²) in [6.45, 7) is -0.0593.